The zero-order valence-electron chi connectivity index (χ0n) is 18.5. The molecule has 3 aromatic carbocycles. The highest BCUT2D eigenvalue weighted by molar-refractivity contribution is 7.17. The van der Waals surface area contributed by atoms with Gasteiger partial charge in [0.05, 0.1) is 24.2 Å². The Morgan fingerprint density at radius 2 is 1.60 bits per heavy atom. The summed E-state index contributed by atoms with van der Waals surface area (Å²) in [7, 11) is 0. The summed E-state index contributed by atoms with van der Waals surface area (Å²) >= 11 is 1.23. The zero-order valence-corrected chi connectivity index (χ0v) is 19.3. The number of nitrogens with one attached hydrogen (secondary N) is 1. The van der Waals surface area contributed by atoms with Crippen LogP contribution in [0.25, 0.3) is 15.9 Å². The van der Waals surface area contributed by atoms with Crippen molar-refractivity contribution < 1.29 is 9.18 Å². The van der Waals surface area contributed by atoms with Gasteiger partial charge in [0.2, 0.25) is 5.91 Å². The third-order valence-corrected chi connectivity index (χ3v) is 6.55. The van der Waals surface area contributed by atoms with Gasteiger partial charge in [-0.3, -0.25) is 14.2 Å². The molecule has 0 atom stereocenters. The van der Waals surface area contributed by atoms with Gasteiger partial charge in [0.25, 0.3) is 5.56 Å². The smallest absolute Gasteiger partial charge is 0.326 e. The molecular weight excluding hydrogens is 465 g/mol. The van der Waals surface area contributed by atoms with Crippen LogP contribution >= 0.6 is 11.3 Å². The molecule has 0 saturated heterocycles. The third-order valence-electron chi connectivity index (χ3n) is 5.66. The largest absolute Gasteiger partial charge is 0.336 e. The minimum Gasteiger partial charge on any atom is -0.326 e. The van der Waals surface area contributed by atoms with Gasteiger partial charge >= 0.3 is 5.69 Å². The molecule has 6 nitrogen and oxygen atoms in total. The molecule has 174 valence electrons. The van der Waals surface area contributed by atoms with E-state index in [1.54, 1.807) is 66.0 Å². The van der Waals surface area contributed by atoms with Crippen LogP contribution < -0.4 is 16.6 Å². The second-order valence-electron chi connectivity index (χ2n) is 7.99. The van der Waals surface area contributed by atoms with Gasteiger partial charge in [-0.1, -0.05) is 48.5 Å². The fraction of sp³-hybridized carbons (Fsp3) is 0.0741. The van der Waals surface area contributed by atoms with Gasteiger partial charge in [0, 0.05) is 11.3 Å². The molecule has 0 unspecified atom stereocenters. The molecule has 5 aromatic rings. The molecule has 2 heterocycles. The molecule has 0 bridgehead atoms. The zero-order chi connectivity index (χ0) is 24.4. The van der Waals surface area contributed by atoms with E-state index in [0.717, 1.165) is 10.1 Å². The van der Waals surface area contributed by atoms with Crippen LogP contribution in [-0.4, -0.2) is 15.0 Å². The number of carbonyl (C=O) groups is 1. The van der Waals surface area contributed by atoms with Gasteiger partial charge in [-0.05, 0) is 47.3 Å². The molecule has 0 saturated carbocycles. The molecule has 0 aliphatic carbocycles. The predicted molar refractivity (Wildman–Crippen MR) is 136 cm³/mol. The number of carbonyl (C=O) groups excluding carboxylic acids is 1. The highest BCUT2D eigenvalue weighted by Crippen LogP contribution is 2.19. The van der Waals surface area contributed by atoms with Crippen molar-refractivity contribution in [3.8, 4) is 5.69 Å². The number of hydrogen-bond donors (Lipinski definition) is 1. The monoisotopic (exact) mass is 485 g/mol. The Balaban J connectivity index is 1.48. The van der Waals surface area contributed by atoms with Gasteiger partial charge in [-0.25, -0.2) is 13.8 Å². The van der Waals surface area contributed by atoms with Gasteiger partial charge < -0.3 is 5.32 Å². The second-order valence-corrected chi connectivity index (χ2v) is 8.91. The first kappa shape index (κ1) is 22.5. The molecule has 0 radical (unpaired) electrons. The van der Waals surface area contributed by atoms with Gasteiger partial charge in [-0.15, -0.1) is 11.3 Å². The van der Waals surface area contributed by atoms with Crippen molar-refractivity contribution in [2.24, 2.45) is 0 Å². The highest BCUT2D eigenvalue weighted by Gasteiger charge is 2.17. The Bertz CT molecular complexity index is 1640. The van der Waals surface area contributed by atoms with Crippen LogP contribution in [0.2, 0.25) is 0 Å². The standard InChI is InChI=1S/C27H20FN3O3S/c28-22-9-5-4-6-19(22)17-30-23-14-15-35-25(23)26(33)31(27(30)34)21-12-10-18(11-13-21)16-24(32)29-20-7-2-1-3-8-20/h1-15H,16-17H2,(H,29,32). The molecule has 35 heavy (non-hydrogen) atoms. The Morgan fingerprint density at radius 1 is 0.886 bits per heavy atom. The van der Waals surface area contributed by atoms with Crippen molar-refractivity contribution in [3.05, 3.63) is 128 Å². The maximum Gasteiger partial charge on any atom is 0.336 e. The molecular formula is C27H20FN3O3S. The van der Waals surface area contributed by atoms with Crippen molar-refractivity contribution in [2.45, 2.75) is 13.0 Å². The molecule has 1 N–H and O–H groups in total. The second kappa shape index (κ2) is 9.52. The number of halogens is 1. The van der Waals surface area contributed by atoms with Crippen LogP contribution in [0.3, 0.4) is 0 Å². The van der Waals surface area contributed by atoms with E-state index >= 15 is 0 Å². The SMILES string of the molecule is O=C(Cc1ccc(-n2c(=O)c3sccc3n(Cc3ccccc3F)c2=O)cc1)Nc1ccccc1. The minimum atomic E-state index is -0.557. The summed E-state index contributed by atoms with van der Waals surface area (Å²) in [4.78, 5) is 39.0. The number of anilines is 1. The maximum atomic E-state index is 14.3. The average Bonchev–Trinajstić information content (AvgIpc) is 3.35. The number of para-hydroxylation sites is 1. The lowest BCUT2D eigenvalue weighted by molar-refractivity contribution is -0.115. The predicted octanol–water partition coefficient (Wildman–Crippen LogP) is 4.58. The summed E-state index contributed by atoms with van der Waals surface area (Å²) in [6.45, 7) is -0.00321. The normalized spacial score (nSPS) is 11.0. The fourth-order valence-electron chi connectivity index (χ4n) is 3.94. The maximum absolute atomic E-state index is 14.3. The number of amides is 1. The molecule has 0 spiro atoms. The number of benzene rings is 3. The Labute approximate surface area is 203 Å². The molecule has 5 rings (SSSR count). The van der Waals surface area contributed by atoms with E-state index < -0.39 is 17.1 Å². The molecule has 0 aliphatic heterocycles. The number of thiophene rings is 1. The van der Waals surface area contributed by atoms with E-state index in [4.69, 9.17) is 0 Å². The Kier molecular flexibility index (Phi) is 6.12. The van der Waals surface area contributed by atoms with Crippen LogP contribution in [0.1, 0.15) is 11.1 Å². The molecule has 8 heteroatoms. The molecule has 0 fully saturated rings. The summed E-state index contributed by atoms with van der Waals surface area (Å²) in [5.41, 5.74) is 1.66. The number of nitrogens with zero attached hydrogens (tertiary/aromatic N) is 2. The van der Waals surface area contributed by atoms with E-state index in [1.165, 1.54) is 22.0 Å². The lowest BCUT2D eigenvalue weighted by Gasteiger charge is -2.13. The van der Waals surface area contributed by atoms with Crippen LogP contribution in [0, 0.1) is 5.82 Å². The number of aromatic nitrogens is 2. The minimum absolute atomic E-state index is 0.00321. The fourth-order valence-corrected chi connectivity index (χ4v) is 4.76. The van der Waals surface area contributed by atoms with Gasteiger partial charge in [0.15, 0.2) is 0 Å². The summed E-state index contributed by atoms with van der Waals surface area (Å²) in [5, 5.41) is 4.57. The van der Waals surface area contributed by atoms with Gasteiger partial charge in [-0.2, -0.15) is 0 Å². The topological polar surface area (TPSA) is 73.1 Å². The Hall–Kier alpha value is -4.30. The summed E-state index contributed by atoms with van der Waals surface area (Å²) in [6, 6.07) is 23.8. The van der Waals surface area contributed by atoms with Gasteiger partial charge in [0.1, 0.15) is 10.5 Å². The van der Waals surface area contributed by atoms with Crippen molar-refractivity contribution in [1.82, 2.24) is 9.13 Å². The quantitative estimate of drug-likeness (QED) is 0.383. The van der Waals surface area contributed by atoms with Crippen LogP contribution in [0.4, 0.5) is 10.1 Å². The van der Waals surface area contributed by atoms with E-state index in [0.29, 0.717) is 27.2 Å². The molecule has 2 aromatic heterocycles. The number of fused-ring (bicyclic) bond motifs is 1. The van der Waals surface area contributed by atoms with E-state index in [9.17, 15) is 18.8 Å². The Morgan fingerprint density at radius 3 is 2.34 bits per heavy atom. The van der Waals surface area contributed by atoms with E-state index in [1.807, 2.05) is 18.2 Å². The first-order valence-electron chi connectivity index (χ1n) is 10.9. The van der Waals surface area contributed by atoms with Crippen LogP contribution in [0.15, 0.2) is 99.9 Å². The van der Waals surface area contributed by atoms with Crippen LogP contribution in [0.5, 0.6) is 0 Å². The average molecular weight is 486 g/mol. The summed E-state index contributed by atoms with van der Waals surface area (Å²) in [5.74, 6) is -0.591. The van der Waals surface area contributed by atoms with E-state index in [2.05, 4.69) is 5.32 Å². The number of hydrogen-bond acceptors (Lipinski definition) is 4. The van der Waals surface area contributed by atoms with Crippen molar-refractivity contribution in [3.63, 3.8) is 0 Å². The lowest BCUT2D eigenvalue weighted by atomic mass is 10.1. The molecule has 0 aliphatic rings. The van der Waals surface area contributed by atoms with Crippen molar-refractivity contribution in [2.75, 3.05) is 5.32 Å². The highest BCUT2D eigenvalue weighted by atomic mass is 32.1. The summed E-state index contributed by atoms with van der Waals surface area (Å²) < 4.78 is 17.2. The van der Waals surface area contributed by atoms with Crippen LogP contribution in [-0.2, 0) is 17.8 Å². The first-order chi connectivity index (χ1) is 17.0. The summed E-state index contributed by atoms with van der Waals surface area (Å²) in [6.07, 6.45) is 0.144. The van der Waals surface area contributed by atoms with E-state index in [-0.39, 0.29) is 18.9 Å². The van der Waals surface area contributed by atoms with Crippen molar-refractivity contribution in [1.29, 1.82) is 0 Å². The number of rotatable bonds is 6. The van der Waals surface area contributed by atoms with Crippen molar-refractivity contribution >= 4 is 33.1 Å². The third kappa shape index (κ3) is 4.56. The molecule has 1 amide bonds. The lowest BCUT2D eigenvalue weighted by Crippen LogP contribution is -2.38. The first-order valence-corrected chi connectivity index (χ1v) is 11.8.